The van der Waals surface area contributed by atoms with Crippen LogP contribution in [0.2, 0.25) is 0 Å². The molecule has 0 fully saturated rings. The Bertz CT molecular complexity index is 3620. The third-order valence-corrected chi connectivity index (χ3v) is 18.5. The van der Waals surface area contributed by atoms with Gasteiger partial charge in [0.05, 0.1) is 5.69 Å². The second kappa shape index (κ2) is 18.2. The standard InChI is InChI=1S/C75H85BN2/c1-69(2,3)51-29-27-48(28-30-51)49-23-22-24-50(41-49)58-42-54(71(7,8)9)33-37-63(58)78-65-47-60-59(73(13,14)39-40-74(60,15)16)46-62(65)76-61-43-55(75(17,18)53-25-20-19-21-26-53)34-38-64(61)77(57-35-31-52(32-36-57)70(4,5)6)66-44-56(72(10,11)12)45-67(78)68(66)76/h19-38,41-47H,39-40H2,1-18H3. The highest BCUT2D eigenvalue weighted by atomic mass is 15.2. The average molecular weight is 1030 g/mol. The maximum absolute atomic E-state index is 2.73. The van der Waals surface area contributed by atoms with Gasteiger partial charge in [0.2, 0.25) is 0 Å². The van der Waals surface area contributed by atoms with Crippen molar-refractivity contribution in [1.29, 1.82) is 0 Å². The van der Waals surface area contributed by atoms with Crippen molar-refractivity contribution in [2.45, 2.75) is 175 Å². The van der Waals surface area contributed by atoms with Crippen molar-refractivity contribution in [2.24, 2.45) is 0 Å². The molecule has 2 nitrogen and oxygen atoms in total. The van der Waals surface area contributed by atoms with Crippen LogP contribution in [0.1, 0.15) is 182 Å². The summed E-state index contributed by atoms with van der Waals surface area (Å²) in [6, 6.07) is 64.6. The molecule has 78 heavy (non-hydrogen) atoms. The van der Waals surface area contributed by atoms with Gasteiger partial charge in [-0.1, -0.05) is 234 Å². The smallest absolute Gasteiger partial charge is 0.252 e. The molecule has 398 valence electrons. The number of hydrogen-bond acceptors (Lipinski definition) is 2. The molecular weight excluding hydrogens is 940 g/mol. The van der Waals surface area contributed by atoms with Gasteiger partial charge in [0, 0.05) is 39.4 Å². The van der Waals surface area contributed by atoms with E-state index < -0.39 is 0 Å². The summed E-state index contributed by atoms with van der Waals surface area (Å²) in [6.45, 7) is 42.8. The molecule has 0 radical (unpaired) electrons. The maximum atomic E-state index is 2.73. The van der Waals surface area contributed by atoms with E-state index in [0.717, 1.165) is 12.8 Å². The van der Waals surface area contributed by atoms with Crippen LogP contribution in [0, 0.1) is 0 Å². The Hall–Kier alpha value is -6.58. The summed E-state index contributed by atoms with van der Waals surface area (Å²) in [5.74, 6) is 0. The fraction of sp³-hybridized carbons (Fsp3) is 0.360. The fourth-order valence-electron chi connectivity index (χ4n) is 13.0. The first kappa shape index (κ1) is 53.4. The molecule has 0 bridgehead atoms. The van der Waals surface area contributed by atoms with Gasteiger partial charge in [-0.15, -0.1) is 0 Å². The van der Waals surface area contributed by atoms with E-state index in [1.165, 1.54) is 117 Å². The van der Waals surface area contributed by atoms with Crippen molar-refractivity contribution in [3.63, 3.8) is 0 Å². The van der Waals surface area contributed by atoms with Gasteiger partial charge < -0.3 is 9.80 Å². The molecule has 8 aromatic carbocycles. The molecule has 8 aromatic rings. The molecular formula is C75H85BN2. The van der Waals surface area contributed by atoms with Crippen LogP contribution < -0.4 is 26.2 Å². The largest absolute Gasteiger partial charge is 0.311 e. The van der Waals surface area contributed by atoms with E-state index >= 15 is 0 Å². The minimum atomic E-state index is -0.243. The van der Waals surface area contributed by atoms with Crippen LogP contribution in [0.25, 0.3) is 22.3 Å². The number of rotatable bonds is 6. The van der Waals surface area contributed by atoms with Gasteiger partial charge >= 0.3 is 0 Å². The SMILES string of the molecule is CC(C)(C)c1ccc(-c2cccc(-c3cc(C(C)(C)C)ccc3N3c4cc5c(cc4B4c6cc(C(C)(C)c7ccccc7)ccc6N(c6ccc(C(C)(C)C)cc6)c6cc(C(C)(C)C)cc3c64)C(C)(C)CCC5(C)C)c2)cc1. The molecule has 0 N–H and O–H groups in total. The van der Waals surface area contributed by atoms with Crippen LogP contribution in [0.3, 0.4) is 0 Å². The Kier molecular flexibility index (Phi) is 12.5. The molecule has 0 spiro atoms. The quantitative estimate of drug-likeness (QED) is 0.153. The summed E-state index contributed by atoms with van der Waals surface area (Å²) in [5.41, 5.74) is 27.0. The van der Waals surface area contributed by atoms with Crippen LogP contribution in [-0.2, 0) is 37.9 Å². The molecule has 3 heteroatoms. The third-order valence-electron chi connectivity index (χ3n) is 18.5. The van der Waals surface area contributed by atoms with Gasteiger partial charge in [-0.05, 0) is 178 Å². The van der Waals surface area contributed by atoms with Crippen LogP contribution in [0.4, 0.5) is 34.1 Å². The summed E-state index contributed by atoms with van der Waals surface area (Å²) < 4.78 is 0. The molecule has 1 aliphatic carbocycles. The molecule has 0 saturated heterocycles. The topological polar surface area (TPSA) is 6.48 Å². The summed E-state index contributed by atoms with van der Waals surface area (Å²) in [7, 11) is 0. The first-order valence-electron chi connectivity index (χ1n) is 29.1. The highest BCUT2D eigenvalue weighted by molar-refractivity contribution is 7.00. The Morgan fingerprint density at radius 2 is 0.846 bits per heavy atom. The molecule has 0 amide bonds. The zero-order chi connectivity index (χ0) is 55.9. The van der Waals surface area contributed by atoms with E-state index in [1.807, 2.05) is 0 Å². The van der Waals surface area contributed by atoms with Crippen LogP contribution in [-0.4, -0.2) is 6.71 Å². The van der Waals surface area contributed by atoms with E-state index in [2.05, 4.69) is 298 Å². The normalized spacial score (nSPS) is 15.8. The van der Waals surface area contributed by atoms with E-state index in [-0.39, 0.29) is 44.6 Å². The molecule has 0 aromatic heterocycles. The first-order valence-corrected chi connectivity index (χ1v) is 29.1. The fourth-order valence-corrected chi connectivity index (χ4v) is 13.0. The molecule has 2 aliphatic heterocycles. The van der Waals surface area contributed by atoms with Gasteiger partial charge in [0.25, 0.3) is 6.71 Å². The van der Waals surface area contributed by atoms with Gasteiger partial charge in [-0.3, -0.25) is 0 Å². The Morgan fingerprint density at radius 1 is 0.346 bits per heavy atom. The monoisotopic (exact) mass is 1020 g/mol. The van der Waals surface area contributed by atoms with E-state index in [9.17, 15) is 0 Å². The lowest BCUT2D eigenvalue weighted by molar-refractivity contribution is 0.332. The number of nitrogens with zero attached hydrogens (tertiary/aromatic N) is 2. The molecule has 3 aliphatic rings. The number of fused-ring (bicyclic) bond motifs is 5. The third kappa shape index (κ3) is 9.16. The lowest BCUT2D eigenvalue weighted by Crippen LogP contribution is -2.62. The highest BCUT2D eigenvalue weighted by Crippen LogP contribution is 2.53. The number of benzene rings is 8. The minimum absolute atomic E-state index is 0.00440. The van der Waals surface area contributed by atoms with Crippen molar-refractivity contribution >= 4 is 57.2 Å². The first-order chi connectivity index (χ1) is 36.4. The molecule has 0 saturated carbocycles. The van der Waals surface area contributed by atoms with Gasteiger partial charge in [0.15, 0.2) is 0 Å². The van der Waals surface area contributed by atoms with Gasteiger partial charge in [0.1, 0.15) is 0 Å². The van der Waals surface area contributed by atoms with Crippen molar-refractivity contribution in [1.82, 2.24) is 0 Å². The summed E-state index contributed by atoms with van der Waals surface area (Å²) >= 11 is 0. The van der Waals surface area contributed by atoms with E-state index in [1.54, 1.807) is 0 Å². The van der Waals surface area contributed by atoms with Crippen molar-refractivity contribution in [2.75, 3.05) is 9.80 Å². The number of anilines is 6. The van der Waals surface area contributed by atoms with Crippen LogP contribution >= 0.6 is 0 Å². The lowest BCUT2D eigenvalue weighted by atomic mass is 9.32. The molecule has 0 atom stereocenters. The van der Waals surface area contributed by atoms with Crippen molar-refractivity contribution < 1.29 is 0 Å². The van der Waals surface area contributed by atoms with Gasteiger partial charge in [-0.2, -0.15) is 0 Å². The van der Waals surface area contributed by atoms with Crippen molar-refractivity contribution in [3.8, 4) is 22.3 Å². The lowest BCUT2D eigenvalue weighted by Gasteiger charge is -2.48. The second-order valence-electron chi connectivity index (χ2n) is 29.5. The minimum Gasteiger partial charge on any atom is -0.311 e. The Labute approximate surface area is 470 Å². The molecule has 0 unspecified atom stereocenters. The summed E-state index contributed by atoms with van der Waals surface area (Å²) in [5, 5.41) is 0. The Morgan fingerprint density at radius 3 is 1.44 bits per heavy atom. The zero-order valence-electron chi connectivity index (χ0n) is 50.5. The van der Waals surface area contributed by atoms with Gasteiger partial charge in [-0.25, -0.2) is 0 Å². The van der Waals surface area contributed by atoms with E-state index in [4.69, 9.17) is 0 Å². The predicted molar refractivity (Wildman–Crippen MR) is 340 cm³/mol. The Balaban J connectivity index is 1.26. The zero-order valence-corrected chi connectivity index (χ0v) is 50.5. The van der Waals surface area contributed by atoms with E-state index in [0.29, 0.717) is 0 Å². The number of hydrogen-bond donors (Lipinski definition) is 0. The maximum Gasteiger partial charge on any atom is 0.252 e. The summed E-state index contributed by atoms with van der Waals surface area (Å²) in [6.07, 6.45) is 2.29. The molecule has 11 rings (SSSR count). The highest BCUT2D eigenvalue weighted by Gasteiger charge is 2.48. The second-order valence-corrected chi connectivity index (χ2v) is 29.5. The van der Waals surface area contributed by atoms with Crippen LogP contribution in [0.5, 0.6) is 0 Å². The molecule has 2 heterocycles. The van der Waals surface area contributed by atoms with Crippen molar-refractivity contribution in [3.05, 3.63) is 208 Å². The van der Waals surface area contributed by atoms with Crippen LogP contribution in [0.15, 0.2) is 164 Å². The summed E-state index contributed by atoms with van der Waals surface area (Å²) in [4.78, 5) is 5.35. The predicted octanol–water partition coefficient (Wildman–Crippen LogP) is 19.0. The average Bonchev–Trinajstić information content (AvgIpc) is 3.47.